The molecule has 0 bridgehead atoms. The van der Waals surface area contributed by atoms with Crippen LogP contribution in [0.5, 0.6) is 0 Å². The van der Waals surface area contributed by atoms with Crippen molar-refractivity contribution in [1.82, 2.24) is 4.31 Å². The molecule has 1 aromatic rings. The van der Waals surface area contributed by atoms with Gasteiger partial charge in [0.05, 0.1) is 10.5 Å². The first-order chi connectivity index (χ1) is 7.72. The molecular weight excluding hydrogens is 238 g/mol. The maximum Gasteiger partial charge on any atom is 0.243 e. The molecule has 1 aromatic carbocycles. The number of hydrogen-bond donors (Lipinski definition) is 1. The summed E-state index contributed by atoms with van der Waals surface area (Å²) in [5.74, 6) is 0. The predicted octanol–water partition coefficient (Wildman–Crippen LogP) is 1.06. The molecule has 1 saturated heterocycles. The largest absolute Gasteiger partial charge is 0.387 e. The lowest BCUT2D eigenvalue weighted by molar-refractivity contribution is -0.0426. The Bertz CT molecular complexity index is 541. The van der Waals surface area contributed by atoms with Gasteiger partial charge in [-0.3, -0.25) is 0 Å². The molecule has 0 saturated carbocycles. The van der Waals surface area contributed by atoms with E-state index in [-0.39, 0.29) is 13.1 Å². The van der Waals surface area contributed by atoms with Gasteiger partial charge in [0.15, 0.2) is 0 Å². The van der Waals surface area contributed by atoms with Crippen molar-refractivity contribution in [3.05, 3.63) is 29.3 Å². The third-order valence-corrected chi connectivity index (χ3v) is 4.93. The summed E-state index contributed by atoms with van der Waals surface area (Å²) in [5.41, 5.74) is 0.772. The van der Waals surface area contributed by atoms with E-state index in [9.17, 15) is 13.5 Å². The van der Waals surface area contributed by atoms with Gasteiger partial charge in [0.1, 0.15) is 0 Å². The first-order valence-electron chi connectivity index (χ1n) is 5.52. The molecule has 1 heterocycles. The molecular formula is C12H17NO3S. The van der Waals surface area contributed by atoms with Crippen molar-refractivity contribution < 1.29 is 13.5 Å². The van der Waals surface area contributed by atoms with Gasteiger partial charge in [-0.1, -0.05) is 12.1 Å². The molecule has 1 N–H and O–H groups in total. The van der Waals surface area contributed by atoms with Crippen molar-refractivity contribution in [1.29, 1.82) is 0 Å². The molecule has 0 atom stereocenters. The molecule has 0 spiro atoms. The number of hydrogen-bond acceptors (Lipinski definition) is 3. The van der Waals surface area contributed by atoms with Gasteiger partial charge >= 0.3 is 0 Å². The molecule has 5 heteroatoms. The zero-order valence-corrected chi connectivity index (χ0v) is 11.1. The van der Waals surface area contributed by atoms with Crippen LogP contribution in [-0.2, 0) is 10.0 Å². The lowest BCUT2D eigenvalue weighted by atomic mass is 10.0. The second-order valence-electron chi connectivity index (χ2n) is 5.04. The first kappa shape index (κ1) is 12.5. The van der Waals surface area contributed by atoms with E-state index in [0.717, 1.165) is 11.1 Å². The average molecular weight is 255 g/mol. The van der Waals surface area contributed by atoms with Gasteiger partial charge < -0.3 is 5.11 Å². The second kappa shape index (κ2) is 3.80. The third-order valence-electron chi connectivity index (χ3n) is 3.00. The SMILES string of the molecule is Cc1ccc(C)c(S(=O)(=O)N2CC(C)(O)C2)c1. The van der Waals surface area contributed by atoms with Gasteiger partial charge in [-0.2, -0.15) is 4.31 Å². The molecule has 2 rings (SSSR count). The van der Waals surface area contributed by atoms with Crippen LogP contribution in [0.2, 0.25) is 0 Å². The van der Waals surface area contributed by atoms with Crippen LogP contribution in [0.4, 0.5) is 0 Å². The van der Waals surface area contributed by atoms with Gasteiger partial charge in [-0.25, -0.2) is 8.42 Å². The van der Waals surface area contributed by atoms with E-state index in [4.69, 9.17) is 0 Å². The van der Waals surface area contributed by atoms with E-state index in [1.165, 1.54) is 4.31 Å². The van der Waals surface area contributed by atoms with E-state index in [0.29, 0.717) is 4.90 Å². The third kappa shape index (κ3) is 2.22. The van der Waals surface area contributed by atoms with Crippen molar-refractivity contribution in [2.24, 2.45) is 0 Å². The molecule has 4 nitrogen and oxygen atoms in total. The van der Waals surface area contributed by atoms with Gasteiger partial charge in [0.2, 0.25) is 10.0 Å². The molecule has 17 heavy (non-hydrogen) atoms. The van der Waals surface area contributed by atoms with E-state index in [1.807, 2.05) is 13.0 Å². The van der Waals surface area contributed by atoms with Crippen molar-refractivity contribution >= 4 is 10.0 Å². The van der Waals surface area contributed by atoms with Crippen LogP contribution in [0.15, 0.2) is 23.1 Å². The van der Waals surface area contributed by atoms with Crippen LogP contribution >= 0.6 is 0 Å². The summed E-state index contributed by atoms with van der Waals surface area (Å²) in [7, 11) is -3.45. The Morgan fingerprint density at radius 2 is 1.88 bits per heavy atom. The molecule has 0 aromatic heterocycles. The Balaban J connectivity index is 2.36. The Morgan fingerprint density at radius 3 is 2.41 bits per heavy atom. The Labute approximate surface area is 102 Å². The second-order valence-corrected chi connectivity index (χ2v) is 6.95. The molecule has 1 aliphatic heterocycles. The fourth-order valence-electron chi connectivity index (χ4n) is 2.01. The van der Waals surface area contributed by atoms with Crippen molar-refractivity contribution in [2.45, 2.75) is 31.3 Å². The summed E-state index contributed by atoms with van der Waals surface area (Å²) in [6, 6.07) is 5.37. The zero-order chi connectivity index (χ0) is 12.8. The highest BCUT2D eigenvalue weighted by Crippen LogP contribution is 2.29. The maximum absolute atomic E-state index is 12.3. The standard InChI is InChI=1S/C12H17NO3S/c1-9-4-5-10(2)11(6-9)17(15,16)13-7-12(3,14)8-13/h4-6,14H,7-8H2,1-3H3. The van der Waals surface area contributed by atoms with Crippen LogP contribution in [0.1, 0.15) is 18.1 Å². The summed E-state index contributed by atoms with van der Waals surface area (Å²) < 4.78 is 25.9. The molecule has 0 amide bonds. The summed E-state index contributed by atoms with van der Waals surface area (Å²) >= 11 is 0. The van der Waals surface area contributed by atoms with Crippen molar-refractivity contribution in [3.8, 4) is 0 Å². The van der Waals surface area contributed by atoms with Crippen LogP contribution in [0.3, 0.4) is 0 Å². The molecule has 94 valence electrons. The van der Waals surface area contributed by atoms with E-state index in [1.54, 1.807) is 26.0 Å². The lowest BCUT2D eigenvalue weighted by Gasteiger charge is -2.43. The van der Waals surface area contributed by atoms with Crippen LogP contribution < -0.4 is 0 Å². The number of rotatable bonds is 2. The Kier molecular flexibility index (Phi) is 2.80. The summed E-state index contributed by atoms with van der Waals surface area (Å²) in [6.45, 7) is 5.63. The quantitative estimate of drug-likeness (QED) is 0.859. The number of β-amino-alcohol motifs (C(OH)–C–C–N with tert-alkyl or cyclic N) is 1. The van der Waals surface area contributed by atoms with E-state index < -0.39 is 15.6 Å². The highest BCUT2D eigenvalue weighted by atomic mass is 32.2. The summed E-state index contributed by atoms with van der Waals surface area (Å²) in [4.78, 5) is 0.341. The monoisotopic (exact) mass is 255 g/mol. The molecule has 0 radical (unpaired) electrons. The number of aliphatic hydroxyl groups is 1. The van der Waals surface area contributed by atoms with Gasteiger partial charge in [-0.05, 0) is 38.0 Å². The highest BCUT2D eigenvalue weighted by Gasteiger charge is 2.44. The zero-order valence-electron chi connectivity index (χ0n) is 10.3. The lowest BCUT2D eigenvalue weighted by Crippen LogP contribution is -2.61. The minimum absolute atomic E-state index is 0.169. The summed E-state index contributed by atoms with van der Waals surface area (Å²) in [6.07, 6.45) is 0. The van der Waals surface area contributed by atoms with Crippen LogP contribution in [0, 0.1) is 13.8 Å². The van der Waals surface area contributed by atoms with Gasteiger partial charge in [0.25, 0.3) is 0 Å². The minimum Gasteiger partial charge on any atom is -0.387 e. The molecule has 1 aliphatic rings. The Morgan fingerprint density at radius 1 is 1.29 bits per heavy atom. The number of benzene rings is 1. The van der Waals surface area contributed by atoms with Gasteiger partial charge in [0, 0.05) is 13.1 Å². The fourth-order valence-corrected chi connectivity index (χ4v) is 3.99. The van der Waals surface area contributed by atoms with Crippen molar-refractivity contribution in [2.75, 3.05) is 13.1 Å². The maximum atomic E-state index is 12.3. The first-order valence-corrected chi connectivity index (χ1v) is 6.96. The molecule has 0 unspecified atom stereocenters. The minimum atomic E-state index is -3.45. The smallest absolute Gasteiger partial charge is 0.243 e. The highest BCUT2D eigenvalue weighted by molar-refractivity contribution is 7.89. The summed E-state index contributed by atoms with van der Waals surface area (Å²) in [5, 5.41) is 9.61. The normalized spacial score (nSPS) is 20.0. The van der Waals surface area contributed by atoms with Crippen LogP contribution in [0.25, 0.3) is 0 Å². The average Bonchev–Trinajstić information content (AvgIpc) is 2.18. The fraction of sp³-hybridized carbons (Fsp3) is 0.500. The molecule has 0 aliphatic carbocycles. The molecule has 1 fully saturated rings. The number of nitrogens with zero attached hydrogens (tertiary/aromatic N) is 1. The van der Waals surface area contributed by atoms with Crippen molar-refractivity contribution in [3.63, 3.8) is 0 Å². The number of sulfonamides is 1. The van der Waals surface area contributed by atoms with Gasteiger partial charge in [-0.15, -0.1) is 0 Å². The predicted molar refractivity (Wildman–Crippen MR) is 65.3 cm³/mol. The Hall–Kier alpha value is -0.910. The van der Waals surface area contributed by atoms with E-state index in [2.05, 4.69) is 0 Å². The van der Waals surface area contributed by atoms with Crippen LogP contribution in [-0.4, -0.2) is 36.5 Å². The number of aryl methyl sites for hydroxylation is 2. The van der Waals surface area contributed by atoms with E-state index >= 15 is 0 Å². The topological polar surface area (TPSA) is 57.6 Å².